The lowest BCUT2D eigenvalue weighted by Crippen LogP contribution is -2.35. The molecule has 1 aromatic carbocycles. The Morgan fingerprint density at radius 3 is 2.50 bits per heavy atom. The van der Waals surface area contributed by atoms with Gasteiger partial charge in [-0.25, -0.2) is 0 Å². The summed E-state index contributed by atoms with van der Waals surface area (Å²) in [4.78, 5) is 4.84. The number of thioether (sulfide) groups is 1. The molecule has 1 aromatic heterocycles. The van der Waals surface area contributed by atoms with Crippen LogP contribution >= 0.6 is 11.8 Å². The summed E-state index contributed by atoms with van der Waals surface area (Å²) in [6.45, 7) is 4.06. The molecule has 5 rings (SSSR count). The highest BCUT2D eigenvalue weighted by Gasteiger charge is 2.41. The Kier molecular flexibility index (Phi) is 7.12. The van der Waals surface area contributed by atoms with Gasteiger partial charge in [-0.3, -0.25) is 0 Å². The predicted octanol–water partition coefficient (Wildman–Crippen LogP) is 5.57. The van der Waals surface area contributed by atoms with Gasteiger partial charge in [0.1, 0.15) is 5.82 Å². The van der Waals surface area contributed by atoms with E-state index in [1.165, 1.54) is 44.2 Å². The van der Waals surface area contributed by atoms with Gasteiger partial charge in [0.15, 0.2) is 5.16 Å². The molecule has 3 fully saturated rings. The zero-order chi connectivity index (χ0) is 23.7. The first-order valence-electron chi connectivity index (χ1n) is 12.6. The van der Waals surface area contributed by atoms with Crippen LogP contribution in [0.4, 0.5) is 18.9 Å². The van der Waals surface area contributed by atoms with Crippen molar-refractivity contribution in [3.8, 4) is 0 Å². The summed E-state index contributed by atoms with van der Waals surface area (Å²) in [5, 5.41) is 9.98. The second-order valence-corrected chi connectivity index (χ2v) is 11.1. The van der Waals surface area contributed by atoms with Gasteiger partial charge in [0.05, 0.1) is 5.56 Å². The number of rotatable bonds is 7. The van der Waals surface area contributed by atoms with Crippen LogP contribution in [0.15, 0.2) is 29.4 Å². The third kappa shape index (κ3) is 5.10. The predicted molar refractivity (Wildman–Crippen MR) is 129 cm³/mol. The van der Waals surface area contributed by atoms with Crippen LogP contribution < -0.4 is 4.90 Å². The van der Waals surface area contributed by atoms with E-state index in [1.807, 2.05) is 0 Å². The zero-order valence-corrected chi connectivity index (χ0v) is 20.6. The fourth-order valence-corrected chi connectivity index (χ4v) is 6.86. The standard InChI is InChI=1S/C25H34F3N5S/c1-31-23(18-6-3-2-4-7-18)29-30-24(31)34-15-5-13-32-16-19-12-14-33(22(19)17-32)21-10-8-20(9-11-21)25(26,27)28/h8-11,18-19,22H,2-7,12-17H2,1H3/t19-,22+/m1/s1. The van der Waals surface area contributed by atoms with E-state index in [4.69, 9.17) is 0 Å². The normalized spacial score (nSPS) is 24.2. The van der Waals surface area contributed by atoms with Crippen molar-refractivity contribution in [3.05, 3.63) is 35.7 Å². The number of anilines is 1. The number of likely N-dealkylation sites (tertiary alicyclic amines) is 1. The van der Waals surface area contributed by atoms with Crippen LogP contribution in [0.1, 0.15) is 62.3 Å². The summed E-state index contributed by atoms with van der Waals surface area (Å²) in [7, 11) is 2.10. The van der Waals surface area contributed by atoms with Crippen molar-refractivity contribution in [1.29, 1.82) is 0 Å². The van der Waals surface area contributed by atoms with Crippen molar-refractivity contribution in [2.45, 2.75) is 68.2 Å². The zero-order valence-electron chi connectivity index (χ0n) is 19.8. The minimum atomic E-state index is -4.28. The molecule has 1 saturated carbocycles. The third-order valence-corrected chi connectivity index (χ3v) is 8.94. The van der Waals surface area contributed by atoms with Gasteiger partial charge < -0.3 is 14.4 Å². The topological polar surface area (TPSA) is 37.2 Å². The molecule has 186 valence electrons. The van der Waals surface area contributed by atoms with E-state index in [2.05, 4.69) is 31.6 Å². The van der Waals surface area contributed by atoms with Crippen LogP contribution in [0, 0.1) is 5.92 Å². The Morgan fingerprint density at radius 1 is 1.00 bits per heavy atom. The molecule has 0 unspecified atom stereocenters. The van der Waals surface area contributed by atoms with Crippen LogP contribution in [-0.4, -0.2) is 57.6 Å². The first-order chi connectivity index (χ1) is 16.4. The Balaban J connectivity index is 1.09. The highest BCUT2D eigenvalue weighted by Crippen LogP contribution is 2.37. The molecule has 5 nitrogen and oxygen atoms in total. The lowest BCUT2D eigenvalue weighted by molar-refractivity contribution is -0.137. The van der Waals surface area contributed by atoms with Crippen molar-refractivity contribution in [2.24, 2.45) is 13.0 Å². The first-order valence-corrected chi connectivity index (χ1v) is 13.6. The summed E-state index contributed by atoms with van der Waals surface area (Å²) in [5.74, 6) is 3.34. The second kappa shape index (κ2) is 10.1. The number of fused-ring (bicyclic) bond motifs is 1. The maximum Gasteiger partial charge on any atom is 0.416 e. The Bertz CT molecular complexity index is 954. The molecule has 2 saturated heterocycles. The number of benzene rings is 1. The molecule has 1 aliphatic carbocycles. The van der Waals surface area contributed by atoms with Crippen molar-refractivity contribution in [2.75, 3.05) is 36.8 Å². The van der Waals surface area contributed by atoms with Crippen LogP contribution in [0.5, 0.6) is 0 Å². The molecule has 3 aliphatic rings. The lowest BCUT2D eigenvalue weighted by Gasteiger charge is -2.27. The van der Waals surface area contributed by atoms with Crippen LogP contribution in [0.2, 0.25) is 0 Å². The Hall–Kier alpha value is -1.74. The fourth-order valence-electron chi connectivity index (χ4n) is 6.01. The van der Waals surface area contributed by atoms with Crippen LogP contribution in [0.3, 0.4) is 0 Å². The summed E-state index contributed by atoms with van der Waals surface area (Å²) in [5.41, 5.74) is 0.334. The number of hydrogen-bond donors (Lipinski definition) is 0. The smallest absolute Gasteiger partial charge is 0.367 e. The molecule has 9 heteroatoms. The van der Waals surface area contributed by atoms with Crippen LogP contribution in [0.25, 0.3) is 0 Å². The van der Waals surface area contributed by atoms with Gasteiger partial charge in [-0.2, -0.15) is 13.2 Å². The minimum absolute atomic E-state index is 0.404. The Morgan fingerprint density at radius 2 is 1.76 bits per heavy atom. The van der Waals surface area contributed by atoms with E-state index in [0.717, 1.165) is 61.4 Å². The molecule has 0 amide bonds. The van der Waals surface area contributed by atoms with E-state index < -0.39 is 11.7 Å². The van der Waals surface area contributed by atoms with Crippen molar-refractivity contribution in [1.82, 2.24) is 19.7 Å². The van der Waals surface area contributed by atoms with Gasteiger partial charge in [-0.1, -0.05) is 31.0 Å². The highest BCUT2D eigenvalue weighted by atomic mass is 32.2. The number of hydrogen-bond acceptors (Lipinski definition) is 5. The fraction of sp³-hybridized carbons (Fsp3) is 0.680. The van der Waals surface area contributed by atoms with Gasteiger partial charge in [0.25, 0.3) is 0 Å². The maximum atomic E-state index is 12.9. The van der Waals surface area contributed by atoms with Gasteiger partial charge >= 0.3 is 6.18 Å². The quantitative estimate of drug-likeness (QED) is 0.372. The van der Waals surface area contributed by atoms with Gasteiger partial charge in [0.2, 0.25) is 0 Å². The largest absolute Gasteiger partial charge is 0.416 e. The van der Waals surface area contributed by atoms with E-state index in [1.54, 1.807) is 23.9 Å². The van der Waals surface area contributed by atoms with Gasteiger partial charge in [-0.15, -0.1) is 10.2 Å². The third-order valence-electron chi connectivity index (χ3n) is 7.84. The molecule has 2 aromatic rings. The SMILES string of the molecule is Cn1c(SCCCN2C[C@H]3CCN(c4ccc(C(F)(F)F)cc4)[C@H]3C2)nnc1C1CCCCC1. The summed E-state index contributed by atoms with van der Waals surface area (Å²) >= 11 is 1.80. The minimum Gasteiger partial charge on any atom is -0.367 e. The highest BCUT2D eigenvalue weighted by molar-refractivity contribution is 7.99. The summed E-state index contributed by atoms with van der Waals surface area (Å²) < 4.78 is 40.9. The number of alkyl halides is 3. The Labute approximate surface area is 204 Å². The first kappa shape index (κ1) is 24.0. The molecular formula is C25H34F3N5S. The lowest BCUT2D eigenvalue weighted by atomic mass is 9.89. The number of aromatic nitrogens is 3. The monoisotopic (exact) mass is 493 g/mol. The molecule has 0 spiro atoms. The van der Waals surface area contributed by atoms with Crippen molar-refractivity contribution < 1.29 is 13.2 Å². The second-order valence-electron chi connectivity index (χ2n) is 10.1. The average molecular weight is 494 g/mol. The molecule has 2 atom stereocenters. The van der Waals surface area contributed by atoms with E-state index in [-0.39, 0.29) is 0 Å². The van der Waals surface area contributed by atoms with E-state index in [9.17, 15) is 13.2 Å². The molecule has 0 bridgehead atoms. The molecule has 2 aliphatic heterocycles. The van der Waals surface area contributed by atoms with Gasteiger partial charge in [0, 0.05) is 50.1 Å². The maximum absolute atomic E-state index is 12.9. The number of nitrogens with zero attached hydrogens (tertiary/aromatic N) is 5. The molecule has 0 radical (unpaired) electrons. The van der Waals surface area contributed by atoms with Gasteiger partial charge in [-0.05, 0) is 62.4 Å². The molecule has 34 heavy (non-hydrogen) atoms. The van der Waals surface area contributed by atoms with Crippen LogP contribution in [-0.2, 0) is 13.2 Å². The van der Waals surface area contributed by atoms with Crippen molar-refractivity contribution >= 4 is 17.4 Å². The molecule has 3 heterocycles. The summed E-state index contributed by atoms with van der Waals surface area (Å²) in [6, 6.07) is 6.08. The van der Waals surface area contributed by atoms with E-state index in [0.29, 0.717) is 17.9 Å². The van der Waals surface area contributed by atoms with Crippen molar-refractivity contribution in [3.63, 3.8) is 0 Å². The number of halogens is 3. The summed E-state index contributed by atoms with van der Waals surface area (Å²) in [6.07, 6.45) is 4.33. The van der Waals surface area contributed by atoms with E-state index >= 15 is 0 Å². The molecule has 0 N–H and O–H groups in total. The average Bonchev–Trinajstić information content (AvgIpc) is 3.51. The molecular weight excluding hydrogens is 459 g/mol.